The fourth-order valence-electron chi connectivity index (χ4n) is 1.73. The summed E-state index contributed by atoms with van der Waals surface area (Å²) in [4.78, 5) is 0. The molecule has 3 nitrogen and oxygen atoms in total. The molecule has 0 fully saturated rings. The minimum absolute atomic E-state index is 0.129. The number of halogens is 2. The molecule has 1 heterocycles. The monoisotopic (exact) mass is 218 g/mol. The van der Waals surface area contributed by atoms with Crippen LogP contribution in [-0.4, -0.2) is 21.3 Å². The van der Waals surface area contributed by atoms with Crippen molar-refractivity contribution in [2.45, 2.75) is 46.3 Å². The van der Waals surface area contributed by atoms with E-state index in [2.05, 4.69) is 5.10 Å². The molecule has 0 spiro atoms. The van der Waals surface area contributed by atoms with Crippen molar-refractivity contribution in [2.75, 3.05) is 0 Å². The second-order valence-corrected chi connectivity index (χ2v) is 3.31. The van der Waals surface area contributed by atoms with Gasteiger partial charge >= 0.3 is 0 Å². The summed E-state index contributed by atoms with van der Waals surface area (Å²) in [6.07, 6.45) is -1.15. The van der Waals surface area contributed by atoms with Crippen LogP contribution in [0.5, 0.6) is 0 Å². The van der Waals surface area contributed by atoms with Gasteiger partial charge < -0.3 is 5.11 Å². The highest BCUT2D eigenvalue weighted by atomic mass is 19.3. The maximum atomic E-state index is 12.3. The van der Waals surface area contributed by atoms with E-state index < -0.39 is 13.0 Å². The Kier molecular flexibility index (Phi) is 4.20. The van der Waals surface area contributed by atoms with Crippen LogP contribution in [0.3, 0.4) is 0 Å². The Morgan fingerprint density at radius 1 is 1.33 bits per heavy atom. The van der Waals surface area contributed by atoms with Gasteiger partial charge in [-0.1, -0.05) is 13.8 Å². The molecule has 0 saturated carbocycles. The summed E-state index contributed by atoms with van der Waals surface area (Å²) in [5, 5.41) is 13.3. The number of aryl methyl sites for hydroxylation is 1. The molecule has 0 aromatic carbocycles. The Balaban J connectivity index is 3.09. The number of rotatable bonds is 5. The molecule has 1 rings (SSSR count). The maximum Gasteiger partial charge on any atom is 0.257 e. The lowest BCUT2D eigenvalue weighted by atomic mass is 10.1. The molecule has 1 N–H and O–H groups in total. The molecule has 0 amide bonds. The van der Waals surface area contributed by atoms with Crippen LogP contribution in [0, 0.1) is 0 Å². The van der Waals surface area contributed by atoms with Crippen LogP contribution >= 0.6 is 0 Å². The van der Waals surface area contributed by atoms with Crippen LogP contribution in [0.25, 0.3) is 0 Å². The zero-order valence-corrected chi connectivity index (χ0v) is 9.00. The minimum atomic E-state index is -2.41. The van der Waals surface area contributed by atoms with E-state index in [4.69, 9.17) is 5.11 Å². The van der Waals surface area contributed by atoms with Gasteiger partial charge in [-0.15, -0.1) is 0 Å². The number of aliphatic hydroxyl groups excluding tert-OH is 1. The van der Waals surface area contributed by atoms with E-state index in [1.54, 1.807) is 0 Å². The van der Waals surface area contributed by atoms with Crippen LogP contribution < -0.4 is 0 Å². The molecular weight excluding hydrogens is 202 g/mol. The normalized spacial score (nSPS) is 11.3. The molecule has 1 aromatic rings. The summed E-state index contributed by atoms with van der Waals surface area (Å²) in [5.74, 6) is 0. The smallest absolute Gasteiger partial charge is 0.257 e. The van der Waals surface area contributed by atoms with E-state index in [0.717, 1.165) is 11.4 Å². The van der Waals surface area contributed by atoms with E-state index in [9.17, 15) is 8.78 Å². The summed E-state index contributed by atoms with van der Waals surface area (Å²) in [7, 11) is 0. The Morgan fingerprint density at radius 2 is 2.00 bits per heavy atom. The third-order valence-corrected chi connectivity index (χ3v) is 2.39. The third kappa shape index (κ3) is 2.53. The van der Waals surface area contributed by atoms with Crippen LogP contribution in [0.15, 0.2) is 0 Å². The molecule has 0 saturated heterocycles. The van der Waals surface area contributed by atoms with Crippen molar-refractivity contribution in [1.29, 1.82) is 0 Å². The van der Waals surface area contributed by atoms with Crippen LogP contribution in [0.4, 0.5) is 8.78 Å². The van der Waals surface area contributed by atoms with Gasteiger partial charge in [0, 0.05) is 11.3 Å². The molecule has 86 valence electrons. The van der Waals surface area contributed by atoms with Crippen molar-refractivity contribution in [1.82, 2.24) is 9.78 Å². The lowest BCUT2D eigenvalue weighted by Gasteiger charge is -2.05. The average Bonchev–Trinajstić information content (AvgIpc) is 2.53. The predicted octanol–water partition coefficient (Wildman–Crippen LogP) is 1.77. The Hall–Kier alpha value is -0.970. The number of nitrogens with zero attached hydrogens (tertiary/aromatic N) is 2. The Bertz CT molecular complexity index is 323. The summed E-state index contributed by atoms with van der Waals surface area (Å²) < 4.78 is 25.8. The van der Waals surface area contributed by atoms with Crippen molar-refractivity contribution < 1.29 is 13.9 Å². The molecule has 0 bridgehead atoms. The highest BCUT2D eigenvalue weighted by Gasteiger charge is 2.16. The van der Waals surface area contributed by atoms with Gasteiger partial charge in [-0.3, -0.25) is 4.68 Å². The van der Waals surface area contributed by atoms with Gasteiger partial charge in [-0.2, -0.15) is 5.10 Å². The Labute approximate surface area is 87.7 Å². The lowest BCUT2D eigenvalue weighted by molar-refractivity contribution is 0.120. The molecule has 15 heavy (non-hydrogen) atoms. The van der Waals surface area contributed by atoms with Crippen LogP contribution in [0.2, 0.25) is 0 Å². The number of alkyl halides is 2. The molecule has 0 atom stereocenters. The van der Waals surface area contributed by atoms with Crippen molar-refractivity contribution in [2.24, 2.45) is 0 Å². The van der Waals surface area contributed by atoms with Gasteiger partial charge in [0.2, 0.25) is 0 Å². The van der Waals surface area contributed by atoms with E-state index in [1.807, 2.05) is 13.8 Å². The number of aromatic nitrogens is 2. The maximum absolute atomic E-state index is 12.3. The van der Waals surface area contributed by atoms with Crippen LogP contribution in [-0.2, 0) is 26.0 Å². The van der Waals surface area contributed by atoms with E-state index in [1.165, 1.54) is 4.68 Å². The Morgan fingerprint density at radius 3 is 2.40 bits per heavy atom. The predicted molar refractivity (Wildman–Crippen MR) is 52.9 cm³/mol. The first kappa shape index (κ1) is 12.1. The first-order valence-electron chi connectivity index (χ1n) is 5.10. The minimum Gasteiger partial charge on any atom is -0.392 e. The van der Waals surface area contributed by atoms with Crippen molar-refractivity contribution in [3.63, 3.8) is 0 Å². The van der Waals surface area contributed by atoms with Gasteiger partial charge in [-0.25, -0.2) is 8.78 Å². The summed E-state index contributed by atoms with van der Waals surface area (Å²) in [6.45, 7) is 3.25. The molecule has 0 unspecified atom stereocenters. The van der Waals surface area contributed by atoms with Crippen molar-refractivity contribution in [3.05, 3.63) is 17.0 Å². The van der Waals surface area contributed by atoms with E-state index in [0.29, 0.717) is 18.4 Å². The quantitative estimate of drug-likeness (QED) is 0.817. The SMILES string of the molecule is CCc1nn(CC(F)F)c(CC)c1CO. The van der Waals surface area contributed by atoms with Crippen molar-refractivity contribution >= 4 is 0 Å². The number of hydrogen-bond acceptors (Lipinski definition) is 2. The highest BCUT2D eigenvalue weighted by Crippen LogP contribution is 2.17. The first-order chi connectivity index (χ1) is 7.13. The second-order valence-electron chi connectivity index (χ2n) is 3.31. The number of hydrogen-bond donors (Lipinski definition) is 1. The fourth-order valence-corrected chi connectivity index (χ4v) is 1.73. The molecule has 0 aliphatic rings. The molecule has 0 aliphatic heterocycles. The topological polar surface area (TPSA) is 38.0 Å². The second kappa shape index (κ2) is 5.21. The molecular formula is C10H16F2N2O. The summed E-state index contributed by atoms with van der Waals surface area (Å²) in [6, 6.07) is 0. The van der Waals surface area contributed by atoms with Gasteiger partial charge in [0.15, 0.2) is 0 Å². The lowest BCUT2D eigenvalue weighted by Crippen LogP contribution is -2.11. The number of aliphatic hydroxyl groups is 1. The van der Waals surface area contributed by atoms with E-state index in [-0.39, 0.29) is 6.61 Å². The molecule has 0 aliphatic carbocycles. The van der Waals surface area contributed by atoms with Gasteiger partial charge in [0.05, 0.1) is 12.3 Å². The standard InChI is InChI=1S/C10H16F2N2O/c1-3-8-7(6-15)9(4-2)14(13-8)5-10(11)12/h10,15H,3-6H2,1-2H3. The van der Waals surface area contributed by atoms with Gasteiger partial charge in [0.25, 0.3) is 6.43 Å². The zero-order valence-electron chi connectivity index (χ0n) is 9.00. The molecule has 5 heteroatoms. The van der Waals surface area contributed by atoms with E-state index >= 15 is 0 Å². The van der Waals surface area contributed by atoms with Crippen molar-refractivity contribution in [3.8, 4) is 0 Å². The first-order valence-corrected chi connectivity index (χ1v) is 5.10. The molecule has 0 radical (unpaired) electrons. The fraction of sp³-hybridized carbons (Fsp3) is 0.700. The van der Waals surface area contributed by atoms with Crippen LogP contribution in [0.1, 0.15) is 30.8 Å². The molecule has 1 aromatic heterocycles. The summed E-state index contributed by atoms with van der Waals surface area (Å²) in [5.41, 5.74) is 2.14. The zero-order chi connectivity index (χ0) is 11.4. The highest BCUT2D eigenvalue weighted by molar-refractivity contribution is 5.26. The van der Waals surface area contributed by atoms with Gasteiger partial charge in [-0.05, 0) is 12.8 Å². The van der Waals surface area contributed by atoms with Gasteiger partial charge in [0.1, 0.15) is 6.54 Å². The largest absolute Gasteiger partial charge is 0.392 e. The third-order valence-electron chi connectivity index (χ3n) is 2.39. The average molecular weight is 218 g/mol. The summed E-state index contributed by atoms with van der Waals surface area (Å²) >= 11 is 0.